The van der Waals surface area contributed by atoms with E-state index in [2.05, 4.69) is 10.6 Å². The number of nitrogens with one attached hydrogen (secondary N) is 2. The Kier molecular flexibility index (Phi) is 5.53. The number of carbonyl (C=O) groups excluding carboxylic acids is 1. The Morgan fingerprint density at radius 2 is 2.05 bits per heavy atom. The van der Waals surface area contributed by atoms with Gasteiger partial charge < -0.3 is 15.7 Å². The van der Waals surface area contributed by atoms with Crippen molar-refractivity contribution < 1.29 is 9.90 Å². The number of aliphatic hydroxyl groups excluding tert-OH is 1. The van der Waals surface area contributed by atoms with Crippen LogP contribution >= 0.6 is 0 Å². The van der Waals surface area contributed by atoms with Gasteiger partial charge in [0.15, 0.2) is 0 Å². The Morgan fingerprint density at radius 1 is 1.40 bits per heavy atom. The molecular formula is C15H21N3O2. The molecule has 0 aliphatic rings. The van der Waals surface area contributed by atoms with Crippen molar-refractivity contribution in [1.82, 2.24) is 5.32 Å². The maximum absolute atomic E-state index is 12.0. The number of hydrogen-bond acceptors (Lipinski definition) is 3. The smallest absolute Gasteiger partial charge is 0.319 e. The summed E-state index contributed by atoms with van der Waals surface area (Å²) in [5.41, 5.74) is 1.36. The zero-order valence-corrected chi connectivity index (χ0v) is 12.2. The van der Waals surface area contributed by atoms with E-state index in [0.717, 1.165) is 5.56 Å². The van der Waals surface area contributed by atoms with Crippen molar-refractivity contribution in [2.45, 2.75) is 39.2 Å². The minimum absolute atomic E-state index is 0.107. The van der Waals surface area contributed by atoms with Gasteiger partial charge in [-0.2, -0.15) is 5.26 Å². The van der Waals surface area contributed by atoms with E-state index >= 15 is 0 Å². The molecule has 0 aromatic heterocycles. The van der Waals surface area contributed by atoms with E-state index in [9.17, 15) is 9.90 Å². The van der Waals surface area contributed by atoms with Gasteiger partial charge in [0.1, 0.15) is 0 Å². The largest absolute Gasteiger partial charge is 0.394 e. The molecule has 0 aliphatic heterocycles. The second-order valence-electron chi connectivity index (χ2n) is 4.87. The van der Waals surface area contributed by atoms with E-state index in [1.54, 1.807) is 18.2 Å². The van der Waals surface area contributed by atoms with Crippen molar-refractivity contribution in [1.29, 1.82) is 5.26 Å². The van der Waals surface area contributed by atoms with Gasteiger partial charge in [0.25, 0.3) is 0 Å². The molecule has 1 rings (SSSR count). The predicted molar refractivity (Wildman–Crippen MR) is 78.4 cm³/mol. The van der Waals surface area contributed by atoms with E-state index in [-0.39, 0.29) is 12.6 Å². The van der Waals surface area contributed by atoms with Gasteiger partial charge in [-0.3, -0.25) is 0 Å². The summed E-state index contributed by atoms with van der Waals surface area (Å²) in [5.74, 6) is 0. The quantitative estimate of drug-likeness (QED) is 0.772. The lowest BCUT2D eigenvalue weighted by Gasteiger charge is -2.30. The van der Waals surface area contributed by atoms with Gasteiger partial charge in [0.2, 0.25) is 0 Å². The summed E-state index contributed by atoms with van der Waals surface area (Å²) >= 11 is 0. The van der Waals surface area contributed by atoms with Crippen molar-refractivity contribution in [2.75, 3.05) is 11.9 Å². The van der Waals surface area contributed by atoms with Crippen molar-refractivity contribution in [3.8, 4) is 6.07 Å². The van der Waals surface area contributed by atoms with Crippen LogP contribution in [0.3, 0.4) is 0 Å². The van der Waals surface area contributed by atoms with Gasteiger partial charge in [-0.1, -0.05) is 19.9 Å². The third kappa shape index (κ3) is 3.72. The number of aliphatic hydroxyl groups is 1. The molecule has 0 saturated carbocycles. The SMILES string of the molecule is CCC(CC)(CO)NC(=O)Nc1cc(C#N)ccc1C. The Morgan fingerprint density at radius 3 is 2.55 bits per heavy atom. The minimum Gasteiger partial charge on any atom is -0.394 e. The Hall–Kier alpha value is -2.06. The van der Waals surface area contributed by atoms with Crippen LogP contribution in [0.5, 0.6) is 0 Å². The lowest BCUT2D eigenvalue weighted by atomic mass is 9.94. The lowest BCUT2D eigenvalue weighted by molar-refractivity contribution is 0.155. The zero-order chi connectivity index (χ0) is 15.2. The normalized spacial score (nSPS) is 10.8. The van der Waals surface area contributed by atoms with Crippen LogP contribution in [0.15, 0.2) is 18.2 Å². The van der Waals surface area contributed by atoms with Crippen LogP contribution in [0.4, 0.5) is 10.5 Å². The molecule has 0 unspecified atom stereocenters. The topological polar surface area (TPSA) is 85.2 Å². The standard InChI is InChI=1S/C15H21N3O2/c1-4-15(5-2,10-19)18-14(20)17-13-8-12(9-16)7-6-11(13)3/h6-8,19H,4-5,10H2,1-3H3,(H2,17,18,20). The molecule has 0 atom stereocenters. The van der Waals surface area contributed by atoms with Gasteiger partial charge in [-0.05, 0) is 37.5 Å². The maximum Gasteiger partial charge on any atom is 0.319 e. The highest BCUT2D eigenvalue weighted by Crippen LogP contribution is 2.18. The van der Waals surface area contributed by atoms with Crippen molar-refractivity contribution in [2.24, 2.45) is 0 Å². The van der Waals surface area contributed by atoms with Crippen molar-refractivity contribution in [3.05, 3.63) is 29.3 Å². The van der Waals surface area contributed by atoms with Crippen LogP contribution in [0, 0.1) is 18.3 Å². The van der Waals surface area contributed by atoms with E-state index in [1.165, 1.54) is 0 Å². The van der Waals surface area contributed by atoms with E-state index in [4.69, 9.17) is 5.26 Å². The first-order valence-electron chi connectivity index (χ1n) is 6.71. The highest BCUT2D eigenvalue weighted by Gasteiger charge is 2.27. The average molecular weight is 275 g/mol. The monoisotopic (exact) mass is 275 g/mol. The van der Waals surface area contributed by atoms with Gasteiger partial charge in [-0.15, -0.1) is 0 Å². The summed E-state index contributed by atoms with van der Waals surface area (Å²) in [5, 5.41) is 23.9. The number of nitriles is 1. The van der Waals surface area contributed by atoms with E-state index in [0.29, 0.717) is 24.1 Å². The molecule has 5 nitrogen and oxygen atoms in total. The van der Waals surface area contributed by atoms with Gasteiger partial charge in [0.05, 0.1) is 23.8 Å². The second-order valence-corrected chi connectivity index (χ2v) is 4.87. The lowest BCUT2D eigenvalue weighted by Crippen LogP contribution is -2.52. The summed E-state index contributed by atoms with van der Waals surface area (Å²) < 4.78 is 0. The van der Waals surface area contributed by atoms with Crippen LogP contribution in [0.2, 0.25) is 0 Å². The molecule has 108 valence electrons. The minimum atomic E-state index is -0.606. The molecule has 0 fully saturated rings. The molecule has 0 heterocycles. The van der Waals surface area contributed by atoms with Crippen LogP contribution in [0.1, 0.15) is 37.8 Å². The Balaban J connectivity index is 2.84. The number of carbonyl (C=O) groups is 1. The number of anilines is 1. The first-order chi connectivity index (χ1) is 9.50. The molecule has 0 saturated heterocycles. The van der Waals surface area contributed by atoms with Gasteiger partial charge in [-0.25, -0.2) is 4.79 Å². The van der Waals surface area contributed by atoms with E-state index < -0.39 is 5.54 Å². The van der Waals surface area contributed by atoms with Crippen LogP contribution < -0.4 is 10.6 Å². The molecule has 0 spiro atoms. The maximum atomic E-state index is 12.0. The number of rotatable bonds is 5. The highest BCUT2D eigenvalue weighted by atomic mass is 16.3. The summed E-state index contributed by atoms with van der Waals surface area (Å²) in [4.78, 5) is 12.0. The number of aryl methyl sites for hydroxylation is 1. The number of amides is 2. The molecule has 0 aliphatic carbocycles. The molecule has 20 heavy (non-hydrogen) atoms. The number of hydrogen-bond donors (Lipinski definition) is 3. The highest BCUT2D eigenvalue weighted by molar-refractivity contribution is 5.90. The van der Waals surface area contributed by atoms with Crippen molar-refractivity contribution >= 4 is 11.7 Å². The average Bonchev–Trinajstić information content (AvgIpc) is 2.47. The fraction of sp³-hybridized carbons (Fsp3) is 0.467. The Labute approximate surface area is 119 Å². The van der Waals surface area contributed by atoms with Crippen molar-refractivity contribution in [3.63, 3.8) is 0 Å². The molecule has 1 aromatic carbocycles. The van der Waals surface area contributed by atoms with Crippen LogP contribution in [-0.2, 0) is 0 Å². The number of nitrogens with zero attached hydrogens (tertiary/aromatic N) is 1. The molecule has 5 heteroatoms. The molecule has 3 N–H and O–H groups in total. The second kappa shape index (κ2) is 6.92. The molecule has 0 bridgehead atoms. The molecule has 2 amide bonds. The summed E-state index contributed by atoms with van der Waals surface area (Å²) in [6.07, 6.45) is 1.29. The predicted octanol–water partition coefficient (Wildman–Crippen LogP) is 2.54. The fourth-order valence-corrected chi connectivity index (χ4v) is 1.91. The molecule has 1 aromatic rings. The van der Waals surface area contributed by atoms with Crippen LogP contribution in [0.25, 0.3) is 0 Å². The number of urea groups is 1. The number of benzene rings is 1. The summed E-state index contributed by atoms with van der Waals surface area (Å²) in [7, 11) is 0. The fourth-order valence-electron chi connectivity index (χ4n) is 1.91. The molecular weight excluding hydrogens is 254 g/mol. The Bertz CT molecular complexity index is 508. The van der Waals surface area contributed by atoms with Gasteiger partial charge >= 0.3 is 6.03 Å². The van der Waals surface area contributed by atoms with E-state index in [1.807, 2.05) is 26.8 Å². The third-order valence-corrected chi connectivity index (χ3v) is 3.65. The third-order valence-electron chi connectivity index (χ3n) is 3.65. The summed E-state index contributed by atoms with van der Waals surface area (Å²) in [6.45, 7) is 5.59. The molecule has 0 radical (unpaired) electrons. The zero-order valence-electron chi connectivity index (χ0n) is 12.2. The first kappa shape index (κ1) is 16.0. The summed E-state index contributed by atoms with van der Waals surface area (Å²) in [6, 6.07) is 6.78. The van der Waals surface area contributed by atoms with Crippen LogP contribution in [-0.4, -0.2) is 23.3 Å². The van der Waals surface area contributed by atoms with Gasteiger partial charge in [0, 0.05) is 5.69 Å². The first-order valence-corrected chi connectivity index (χ1v) is 6.71.